The van der Waals surface area contributed by atoms with Gasteiger partial charge in [-0.3, -0.25) is 14.4 Å². The number of halogens is 1. The molecule has 2 aliphatic carbocycles. The van der Waals surface area contributed by atoms with Gasteiger partial charge in [0.05, 0.1) is 30.3 Å². The molecule has 1 N–H and O–H groups in total. The summed E-state index contributed by atoms with van der Waals surface area (Å²) in [5, 5.41) is 7.74. The predicted octanol–water partition coefficient (Wildman–Crippen LogP) is 4.11. The topological polar surface area (TPSA) is 97.3 Å². The van der Waals surface area contributed by atoms with E-state index < -0.39 is 11.7 Å². The Morgan fingerprint density at radius 1 is 1.16 bits per heavy atom. The van der Waals surface area contributed by atoms with Crippen LogP contribution in [0.4, 0.5) is 10.1 Å². The third-order valence-corrected chi connectivity index (χ3v) is 7.08. The molecule has 2 aromatic carbocycles. The van der Waals surface area contributed by atoms with E-state index in [1.165, 1.54) is 24.4 Å². The maximum atomic E-state index is 13.9. The van der Waals surface area contributed by atoms with Crippen molar-refractivity contribution in [2.24, 2.45) is 28.8 Å². The molecule has 0 aromatic heterocycles. The minimum Gasteiger partial charge on any atom is -0.490 e. The number of carbonyl (C=O) groups excluding carboxylic acids is 3. The highest BCUT2D eigenvalue weighted by Gasteiger charge is 2.59. The molecular weight excluding hydrogens is 489 g/mol. The highest BCUT2D eigenvalue weighted by molar-refractivity contribution is 6.06. The van der Waals surface area contributed by atoms with Crippen LogP contribution in [0.25, 0.3) is 0 Å². The fraction of sp³-hybridized carbons (Fsp3) is 0.310. The van der Waals surface area contributed by atoms with Crippen molar-refractivity contribution in [3.63, 3.8) is 0 Å². The van der Waals surface area contributed by atoms with Crippen LogP contribution >= 0.6 is 0 Å². The normalized spacial score (nSPS) is 23.3. The summed E-state index contributed by atoms with van der Waals surface area (Å²) < 4.78 is 25.5. The minimum absolute atomic E-state index is 0.0583. The molecule has 0 radical (unpaired) electrons. The second kappa shape index (κ2) is 10.6. The highest BCUT2D eigenvalue weighted by atomic mass is 19.1. The lowest BCUT2D eigenvalue weighted by atomic mass is 9.85. The van der Waals surface area contributed by atoms with Crippen LogP contribution in [0.2, 0.25) is 0 Å². The zero-order valence-electron chi connectivity index (χ0n) is 20.9. The second-order valence-electron chi connectivity index (χ2n) is 9.48. The third-order valence-electron chi connectivity index (χ3n) is 7.08. The van der Waals surface area contributed by atoms with Gasteiger partial charge in [0.1, 0.15) is 5.82 Å². The summed E-state index contributed by atoms with van der Waals surface area (Å²) in [5.41, 5.74) is 1.32. The van der Waals surface area contributed by atoms with Gasteiger partial charge in [0, 0.05) is 5.56 Å². The van der Waals surface area contributed by atoms with Gasteiger partial charge in [0.2, 0.25) is 0 Å². The number of hydrogen-bond acceptors (Lipinski definition) is 6. The highest BCUT2D eigenvalue weighted by Crippen LogP contribution is 2.52. The smallest absolute Gasteiger partial charge is 0.262 e. The van der Waals surface area contributed by atoms with Gasteiger partial charge < -0.3 is 14.8 Å². The lowest BCUT2D eigenvalue weighted by Crippen LogP contribution is -2.28. The van der Waals surface area contributed by atoms with Crippen molar-refractivity contribution < 1.29 is 28.2 Å². The molecule has 9 heteroatoms. The molecule has 0 spiro atoms. The van der Waals surface area contributed by atoms with Gasteiger partial charge in [0.15, 0.2) is 18.1 Å². The fourth-order valence-electron chi connectivity index (χ4n) is 5.50. The first-order valence-corrected chi connectivity index (χ1v) is 12.6. The third kappa shape index (κ3) is 4.71. The lowest BCUT2D eigenvalue weighted by molar-refractivity contribution is -0.140. The van der Waals surface area contributed by atoms with Gasteiger partial charge >= 0.3 is 0 Å². The number of amides is 3. The van der Waals surface area contributed by atoms with Crippen LogP contribution in [-0.2, 0) is 20.8 Å². The molecule has 1 heterocycles. The average molecular weight is 518 g/mol. The molecule has 1 saturated carbocycles. The molecule has 38 heavy (non-hydrogen) atoms. The summed E-state index contributed by atoms with van der Waals surface area (Å²) in [6.45, 7) is 5.56. The lowest BCUT2D eigenvalue weighted by Gasteiger charge is -2.17. The summed E-state index contributed by atoms with van der Waals surface area (Å²) in [7, 11) is 0. The molecule has 196 valence electrons. The predicted molar refractivity (Wildman–Crippen MR) is 139 cm³/mol. The van der Waals surface area contributed by atoms with Crippen LogP contribution in [0.1, 0.15) is 24.5 Å². The van der Waals surface area contributed by atoms with Crippen LogP contribution in [0, 0.1) is 29.5 Å². The van der Waals surface area contributed by atoms with Crippen LogP contribution in [-0.4, -0.2) is 42.2 Å². The Balaban J connectivity index is 1.34. The van der Waals surface area contributed by atoms with E-state index in [4.69, 9.17) is 9.47 Å². The monoisotopic (exact) mass is 517 g/mol. The van der Waals surface area contributed by atoms with Gasteiger partial charge in [0.25, 0.3) is 17.7 Å². The number of ether oxygens (including phenoxy) is 2. The van der Waals surface area contributed by atoms with Gasteiger partial charge in [-0.25, -0.2) is 4.39 Å². The Hall–Kier alpha value is -4.27. The van der Waals surface area contributed by atoms with Crippen LogP contribution in [0.15, 0.2) is 66.3 Å². The van der Waals surface area contributed by atoms with E-state index in [0.29, 0.717) is 35.7 Å². The largest absolute Gasteiger partial charge is 0.490 e. The van der Waals surface area contributed by atoms with Gasteiger partial charge in [-0.15, -0.1) is 6.58 Å². The Morgan fingerprint density at radius 3 is 2.53 bits per heavy atom. The summed E-state index contributed by atoms with van der Waals surface area (Å²) in [5.74, 6) is -1.32. The molecule has 0 unspecified atom stereocenters. The van der Waals surface area contributed by atoms with Crippen LogP contribution in [0.3, 0.4) is 0 Å². The second-order valence-corrected chi connectivity index (χ2v) is 9.48. The standard InChI is InChI=1S/C29H28FN3O5/c1-3-7-20-12-17(15-31-33-28(35)25-18-10-11-19(14-18)26(25)29(33)36)13-23(37-4-2)27(20)38-16-24(34)32-22-9-6-5-8-21(22)30/h3,5-6,8-13,15,18-19,25-26H,1,4,7,14,16H2,2H3,(H,32,34)/t18-,19-,25-,26+/m0/s1. The van der Waals surface area contributed by atoms with E-state index in [0.717, 1.165) is 11.4 Å². The number of para-hydroxylation sites is 1. The number of imide groups is 1. The number of benzene rings is 2. The first-order chi connectivity index (χ1) is 18.4. The van der Waals surface area contributed by atoms with E-state index in [9.17, 15) is 18.8 Å². The molecule has 2 aromatic rings. The molecular formula is C29H28FN3O5. The van der Waals surface area contributed by atoms with Gasteiger partial charge in [-0.2, -0.15) is 10.1 Å². The fourth-order valence-corrected chi connectivity index (χ4v) is 5.50. The van der Waals surface area contributed by atoms with Crippen molar-refractivity contribution in [2.45, 2.75) is 19.8 Å². The first kappa shape index (κ1) is 25.4. The van der Waals surface area contributed by atoms with Crippen molar-refractivity contribution in [1.82, 2.24) is 5.01 Å². The molecule has 5 rings (SSSR count). The number of hydrazone groups is 1. The Bertz CT molecular complexity index is 1320. The molecule has 2 fully saturated rings. The maximum absolute atomic E-state index is 13.9. The van der Waals surface area contributed by atoms with Crippen molar-refractivity contribution in [3.8, 4) is 11.5 Å². The number of anilines is 1. The Morgan fingerprint density at radius 2 is 1.87 bits per heavy atom. The van der Waals surface area contributed by atoms with Crippen molar-refractivity contribution in [1.29, 1.82) is 0 Å². The molecule has 4 atom stereocenters. The van der Waals surface area contributed by atoms with Crippen molar-refractivity contribution in [3.05, 3.63) is 78.1 Å². The number of fused-ring (bicyclic) bond motifs is 5. The maximum Gasteiger partial charge on any atom is 0.262 e. The van der Waals surface area contributed by atoms with E-state index in [1.807, 2.05) is 19.1 Å². The zero-order chi connectivity index (χ0) is 26.8. The molecule has 3 aliphatic rings. The summed E-state index contributed by atoms with van der Waals surface area (Å²) in [6.07, 6.45) is 8.45. The molecule has 3 amide bonds. The van der Waals surface area contributed by atoms with E-state index >= 15 is 0 Å². The van der Waals surface area contributed by atoms with E-state index in [1.54, 1.807) is 24.3 Å². The number of carbonyl (C=O) groups is 3. The Labute approximate surface area is 219 Å². The average Bonchev–Trinajstić information content (AvgIpc) is 3.58. The first-order valence-electron chi connectivity index (χ1n) is 12.6. The summed E-state index contributed by atoms with van der Waals surface area (Å²) in [4.78, 5) is 38.3. The van der Waals surface area contributed by atoms with Crippen LogP contribution < -0.4 is 14.8 Å². The van der Waals surface area contributed by atoms with Crippen LogP contribution in [0.5, 0.6) is 11.5 Å². The molecule has 8 nitrogen and oxygen atoms in total. The van der Waals surface area contributed by atoms with Crippen molar-refractivity contribution in [2.75, 3.05) is 18.5 Å². The zero-order valence-corrected chi connectivity index (χ0v) is 20.9. The van der Waals surface area contributed by atoms with Gasteiger partial charge in [-0.1, -0.05) is 30.4 Å². The summed E-state index contributed by atoms with van der Waals surface area (Å²) >= 11 is 0. The number of allylic oxidation sites excluding steroid dienone is 3. The number of rotatable bonds is 10. The van der Waals surface area contributed by atoms with Gasteiger partial charge in [-0.05, 0) is 61.4 Å². The Kier molecular flexibility index (Phi) is 7.09. The quantitative estimate of drug-likeness (QED) is 0.291. The minimum atomic E-state index is -0.547. The molecule has 2 bridgehead atoms. The number of nitrogens with one attached hydrogen (secondary N) is 1. The van der Waals surface area contributed by atoms with E-state index in [-0.39, 0.29) is 47.8 Å². The van der Waals surface area contributed by atoms with Crippen molar-refractivity contribution >= 4 is 29.6 Å². The number of nitrogens with zero attached hydrogens (tertiary/aromatic N) is 2. The number of hydrogen-bond donors (Lipinski definition) is 1. The van der Waals surface area contributed by atoms with E-state index in [2.05, 4.69) is 17.0 Å². The molecule has 1 aliphatic heterocycles. The molecule has 1 saturated heterocycles. The summed E-state index contributed by atoms with van der Waals surface area (Å²) in [6, 6.07) is 9.30. The SMILES string of the molecule is C=CCc1cc(C=NN2C(=O)[C@@H]3[C@H](C2=O)[C@H]2C=C[C@H]3C2)cc(OCC)c1OCC(=O)Nc1ccccc1F.